The summed E-state index contributed by atoms with van der Waals surface area (Å²) < 4.78 is 19.6. The normalized spacial score (nSPS) is 14.9. The Balaban J connectivity index is 1.72. The topological polar surface area (TPSA) is 156 Å². The Morgan fingerprint density at radius 3 is 2.79 bits per heavy atom. The molecule has 0 saturated carbocycles. The summed E-state index contributed by atoms with van der Waals surface area (Å²) in [5.74, 6) is 0.916. The summed E-state index contributed by atoms with van der Waals surface area (Å²) in [6, 6.07) is 3.81. The van der Waals surface area contributed by atoms with Crippen molar-refractivity contribution in [3.8, 4) is 0 Å². The van der Waals surface area contributed by atoms with Crippen molar-refractivity contribution in [3.63, 3.8) is 0 Å². The first-order chi connectivity index (χ1) is 16.5. The number of pyridine rings is 1. The predicted molar refractivity (Wildman–Crippen MR) is 134 cm³/mol. The van der Waals surface area contributed by atoms with Crippen LogP contribution >= 0.6 is 0 Å². The summed E-state index contributed by atoms with van der Waals surface area (Å²) in [5.41, 5.74) is 7.06. The molecule has 1 unspecified atom stereocenters. The van der Waals surface area contributed by atoms with Crippen molar-refractivity contribution in [1.82, 2.24) is 19.7 Å². The van der Waals surface area contributed by atoms with Crippen molar-refractivity contribution in [2.24, 2.45) is 5.73 Å². The highest BCUT2D eigenvalue weighted by atomic mass is 32.2. The Labute approximate surface area is 202 Å². The zero-order valence-electron chi connectivity index (χ0n) is 19.3. The highest BCUT2D eigenvalue weighted by Gasteiger charge is 2.20. The zero-order chi connectivity index (χ0) is 24.3. The van der Waals surface area contributed by atoms with E-state index in [-0.39, 0.29) is 17.6 Å². The average Bonchev–Trinajstić information content (AvgIpc) is 2.84. The second-order valence-electron chi connectivity index (χ2n) is 7.66. The third kappa shape index (κ3) is 7.47. The van der Waals surface area contributed by atoms with Crippen LogP contribution in [0.15, 0.2) is 30.3 Å². The first kappa shape index (κ1) is 25.5. The molecule has 0 aromatic carbocycles. The third-order valence-corrected chi connectivity index (χ3v) is 5.97. The van der Waals surface area contributed by atoms with Gasteiger partial charge in [-0.3, -0.25) is 4.79 Å². The van der Waals surface area contributed by atoms with E-state index < -0.39 is 16.9 Å². The number of aryl methyl sites for hydroxylation is 1. The Morgan fingerprint density at radius 2 is 2.09 bits per heavy atom. The number of aromatic nitrogens is 3. The van der Waals surface area contributed by atoms with Crippen LogP contribution in [-0.4, -0.2) is 57.4 Å². The molecule has 0 spiro atoms. The van der Waals surface area contributed by atoms with Crippen molar-refractivity contribution in [1.29, 1.82) is 0 Å². The number of nitrogens with one attached hydrogen (secondary N) is 4. The number of rotatable bonds is 13. The minimum atomic E-state index is -1.22. The van der Waals surface area contributed by atoms with Crippen LogP contribution in [0.4, 0.5) is 23.1 Å². The van der Waals surface area contributed by atoms with E-state index in [9.17, 15) is 9.00 Å². The van der Waals surface area contributed by atoms with Gasteiger partial charge in [-0.1, -0.05) is 13.5 Å². The first-order valence-corrected chi connectivity index (χ1v) is 12.5. The molecule has 2 aromatic heterocycles. The molecule has 3 rings (SSSR count). The van der Waals surface area contributed by atoms with Crippen molar-refractivity contribution in [2.45, 2.75) is 38.6 Å². The fraction of sp³-hybridized carbons (Fsp3) is 0.455. The monoisotopic (exact) mass is 488 g/mol. The molecule has 3 heterocycles. The molecule has 184 valence electrons. The molecule has 1 saturated heterocycles. The summed E-state index contributed by atoms with van der Waals surface area (Å²) in [6.07, 6.45) is 4.76. The van der Waals surface area contributed by atoms with E-state index in [1.54, 1.807) is 18.3 Å². The van der Waals surface area contributed by atoms with E-state index in [2.05, 4.69) is 42.2 Å². The maximum Gasteiger partial charge on any atom is 0.271 e. The molecular formula is C22H32N8O3S. The van der Waals surface area contributed by atoms with Gasteiger partial charge < -0.3 is 26.4 Å². The van der Waals surface area contributed by atoms with Gasteiger partial charge in [0.1, 0.15) is 16.8 Å². The fourth-order valence-electron chi connectivity index (χ4n) is 3.40. The van der Waals surface area contributed by atoms with Gasteiger partial charge >= 0.3 is 0 Å². The molecule has 12 heteroatoms. The van der Waals surface area contributed by atoms with Crippen molar-refractivity contribution in [2.75, 3.05) is 42.3 Å². The number of nitrogens with zero attached hydrogens (tertiary/aromatic N) is 3. The highest BCUT2D eigenvalue weighted by molar-refractivity contribution is 7.86. The van der Waals surface area contributed by atoms with Gasteiger partial charge in [-0.05, 0) is 31.7 Å². The maximum absolute atomic E-state index is 12.1. The van der Waals surface area contributed by atoms with E-state index in [4.69, 9.17) is 10.5 Å². The lowest BCUT2D eigenvalue weighted by Gasteiger charge is -2.25. The second kappa shape index (κ2) is 13.0. The van der Waals surface area contributed by atoms with E-state index in [0.717, 1.165) is 19.3 Å². The summed E-state index contributed by atoms with van der Waals surface area (Å²) in [6.45, 7) is 8.04. The van der Waals surface area contributed by atoms with Gasteiger partial charge in [0.15, 0.2) is 17.3 Å². The second-order valence-corrected chi connectivity index (χ2v) is 8.88. The Hall–Kier alpha value is -3.09. The lowest BCUT2D eigenvalue weighted by Crippen LogP contribution is -2.29. The van der Waals surface area contributed by atoms with Crippen molar-refractivity contribution < 1.29 is 13.7 Å². The maximum atomic E-state index is 12.1. The van der Waals surface area contributed by atoms with Gasteiger partial charge in [-0.25, -0.2) is 23.9 Å². The fourth-order valence-corrected chi connectivity index (χ4v) is 3.87. The van der Waals surface area contributed by atoms with E-state index in [1.165, 1.54) is 5.41 Å². The molecule has 2 aromatic rings. The van der Waals surface area contributed by atoms with E-state index >= 15 is 0 Å². The molecule has 0 bridgehead atoms. The molecule has 11 nitrogen and oxygen atoms in total. The molecule has 0 radical (unpaired) electrons. The van der Waals surface area contributed by atoms with Crippen molar-refractivity contribution >= 4 is 40.0 Å². The number of ether oxygens (including phenoxy) is 1. The minimum absolute atomic E-state index is 0.0852. The molecule has 1 amide bonds. The summed E-state index contributed by atoms with van der Waals surface area (Å²) >= 11 is 0. The zero-order valence-corrected chi connectivity index (χ0v) is 20.1. The Bertz CT molecular complexity index is 1010. The smallest absolute Gasteiger partial charge is 0.271 e. The SMILES string of the molecule is C=CS(=O)NCCCNc1cc(Nc2nc(NC3CCOCC3)c(CC)nc2C(N)=O)ccn1. The van der Waals surface area contributed by atoms with Crippen molar-refractivity contribution in [3.05, 3.63) is 41.7 Å². The van der Waals surface area contributed by atoms with Crippen LogP contribution in [0.5, 0.6) is 0 Å². The Morgan fingerprint density at radius 1 is 1.29 bits per heavy atom. The number of carbonyl (C=O) groups is 1. The molecule has 1 fully saturated rings. The number of nitrogens with two attached hydrogens (primary N) is 1. The Kier molecular flexibility index (Phi) is 9.74. The number of carbonyl (C=O) groups excluding carboxylic acids is 1. The van der Waals surface area contributed by atoms with Crippen LogP contribution in [0, 0.1) is 0 Å². The van der Waals surface area contributed by atoms with Gasteiger partial charge in [0.25, 0.3) is 5.91 Å². The van der Waals surface area contributed by atoms with Gasteiger partial charge in [0.05, 0.1) is 5.69 Å². The van der Waals surface area contributed by atoms with Crippen LogP contribution in [0.3, 0.4) is 0 Å². The number of anilines is 4. The molecule has 1 aliphatic rings. The summed E-state index contributed by atoms with van der Waals surface area (Å²) in [4.78, 5) is 25.6. The lowest BCUT2D eigenvalue weighted by molar-refractivity contribution is 0.0903. The van der Waals surface area contributed by atoms with Crippen LogP contribution in [0.1, 0.15) is 42.4 Å². The van der Waals surface area contributed by atoms with Crippen LogP contribution in [-0.2, 0) is 22.1 Å². The summed E-state index contributed by atoms with van der Waals surface area (Å²) in [5, 5.41) is 11.2. The molecule has 6 N–H and O–H groups in total. The van der Waals surface area contributed by atoms with Gasteiger partial charge in [0.2, 0.25) is 0 Å². The van der Waals surface area contributed by atoms with Crippen LogP contribution in [0.2, 0.25) is 0 Å². The average molecular weight is 489 g/mol. The molecule has 1 aliphatic heterocycles. The first-order valence-electron chi connectivity index (χ1n) is 11.3. The van der Waals surface area contributed by atoms with Crippen LogP contribution in [0.25, 0.3) is 0 Å². The lowest BCUT2D eigenvalue weighted by atomic mass is 10.1. The molecule has 0 aliphatic carbocycles. The number of hydrogen-bond acceptors (Lipinski definition) is 9. The quantitative estimate of drug-likeness (QED) is 0.266. The van der Waals surface area contributed by atoms with Gasteiger partial charge in [-0.2, -0.15) is 0 Å². The third-order valence-electron chi connectivity index (χ3n) is 5.18. The van der Waals surface area contributed by atoms with Gasteiger partial charge in [-0.15, -0.1) is 0 Å². The van der Waals surface area contributed by atoms with Gasteiger partial charge in [0, 0.05) is 55.7 Å². The number of hydrogen-bond donors (Lipinski definition) is 5. The largest absolute Gasteiger partial charge is 0.381 e. The standard InChI is InChI=1S/C22H32N8O3S/c1-3-17-21(27-15-7-12-33-13-8-15)30-22(19(29-17)20(23)31)28-16-6-11-25-18(14-16)24-9-5-10-26-34(32)4-2/h4,6,11,14-15,26H,2-3,5,7-10,12-13H2,1H3,(H2,23,31)(H3,24,25,27,28,30). The molecular weight excluding hydrogens is 456 g/mol. The number of primary amides is 1. The highest BCUT2D eigenvalue weighted by Crippen LogP contribution is 2.25. The molecule has 1 atom stereocenters. The predicted octanol–water partition coefficient (Wildman–Crippen LogP) is 2.07. The van der Waals surface area contributed by atoms with E-state index in [1.807, 2.05) is 6.92 Å². The van der Waals surface area contributed by atoms with E-state index in [0.29, 0.717) is 55.7 Å². The summed E-state index contributed by atoms with van der Waals surface area (Å²) in [7, 11) is -1.22. The molecule has 34 heavy (non-hydrogen) atoms. The van der Waals surface area contributed by atoms with Crippen LogP contribution < -0.4 is 26.4 Å². The number of amides is 1. The minimum Gasteiger partial charge on any atom is -0.381 e.